The Balaban J connectivity index is 2.20. The predicted molar refractivity (Wildman–Crippen MR) is 148 cm³/mol. The van der Waals surface area contributed by atoms with E-state index in [4.69, 9.17) is 20.8 Å². The Bertz CT molecular complexity index is 1450. The van der Waals surface area contributed by atoms with Crippen molar-refractivity contribution in [3.05, 3.63) is 84.4 Å². The van der Waals surface area contributed by atoms with Crippen LogP contribution >= 0.6 is 11.6 Å². The molecule has 0 aliphatic carbocycles. The Morgan fingerprint density at radius 2 is 1.92 bits per heavy atom. The lowest BCUT2D eigenvalue weighted by Crippen LogP contribution is -2.41. The van der Waals surface area contributed by atoms with Gasteiger partial charge in [-0.3, -0.25) is 14.9 Å². The van der Waals surface area contributed by atoms with Crippen LogP contribution in [-0.2, 0) is 22.1 Å². The Hall–Kier alpha value is -3.08. The summed E-state index contributed by atoms with van der Waals surface area (Å²) < 4.78 is 27.4. The largest absolute Gasteiger partial charge is 0.462 e. The first-order chi connectivity index (χ1) is 17.7. The van der Waals surface area contributed by atoms with Gasteiger partial charge < -0.3 is 13.7 Å². The molecule has 0 N–H and O–H groups in total. The zero-order valence-electron chi connectivity index (χ0n) is 22.4. The molecule has 0 spiro atoms. The van der Waals surface area contributed by atoms with Gasteiger partial charge in [-0.15, -0.1) is 0 Å². The number of nitrogens with zero attached hydrogens (tertiary/aromatic N) is 2. The second-order valence-electron chi connectivity index (χ2n) is 10.6. The molecule has 2 aromatic carbocycles. The molecule has 38 heavy (non-hydrogen) atoms. The molecule has 0 radical (unpaired) electrons. The van der Waals surface area contributed by atoms with Crippen LogP contribution in [0.1, 0.15) is 49.2 Å². The second-order valence-corrected chi connectivity index (χ2v) is 15.8. The van der Waals surface area contributed by atoms with E-state index in [0.717, 1.165) is 0 Å². The topological polar surface area (TPSA) is 101 Å². The fraction of sp³-hybridized carbons (Fsp3) is 0.407. The maximum Gasteiger partial charge on any atom is 0.343 e. The Labute approximate surface area is 226 Å². The molecule has 0 bridgehead atoms. The van der Waals surface area contributed by atoms with Crippen LogP contribution in [-0.4, -0.2) is 37.0 Å². The SMILES string of the molecule is CCOC(=O)c1cn(CCO[Si](C)(C)C(C)(C)C)c2c([N+](=O)[O-])cc(Cc3cccc(Cl)c3F)cc2c1=O. The molecular weight excluding hydrogens is 531 g/mol. The van der Waals surface area contributed by atoms with Crippen molar-refractivity contribution < 1.29 is 23.3 Å². The van der Waals surface area contributed by atoms with E-state index in [1.807, 2.05) is 0 Å². The van der Waals surface area contributed by atoms with E-state index in [1.165, 1.54) is 35.0 Å². The zero-order chi connectivity index (χ0) is 28.4. The van der Waals surface area contributed by atoms with Gasteiger partial charge in [0, 0.05) is 25.2 Å². The van der Waals surface area contributed by atoms with E-state index in [2.05, 4.69) is 33.9 Å². The molecule has 0 aliphatic heterocycles. The molecule has 0 aliphatic rings. The van der Waals surface area contributed by atoms with Crippen LogP contribution < -0.4 is 5.43 Å². The number of carbonyl (C=O) groups excluding carboxylic acids is 1. The molecule has 0 fully saturated rings. The summed E-state index contributed by atoms with van der Waals surface area (Å²) in [7, 11) is -2.13. The van der Waals surface area contributed by atoms with Gasteiger partial charge in [-0.05, 0) is 48.3 Å². The minimum atomic E-state index is -2.13. The van der Waals surface area contributed by atoms with Gasteiger partial charge in [0.15, 0.2) is 8.32 Å². The van der Waals surface area contributed by atoms with E-state index in [1.54, 1.807) is 13.0 Å². The van der Waals surface area contributed by atoms with Gasteiger partial charge in [0.05, 0.1) is 28.5 Å². The fourth-order valence-corrected chi connectivity index (χ4v) is 5.10. The van der Waals surface area contributed by atoms with Crippen molar-refractivity contribution in [3.63, 3.8) is 0 Å². The third kappa shape index (κ3) is 6.14. The zero-order valence-corrected chi connectivity index (χ0v) is 24.1. The van der Waals surface area contributed by atoms with Gasteiger partial charge in [-0.2, -0.15) is 0 Å². The summed E-state index contributed by atoms with van der Waals surface area (Å²) in [5.41, 5.74) is -0.672. The van der Waals surface area contributed by atoms with Crippen LogP contribution in [0, 0.1) is 15.9 Å². The molecule has 0 saturated carbocycles. The van der Waals surface area contributed by atoms with Crippen LogP contribution in [0.3, 0.4) is 0 Å². The van der Waals surface area contributed by atoms with Crippen molar-refractivity contribution in [3.8, 4) is 0 Å². The summed E-state index contributed by atoms with van der Waals surface area (Å²) in [5, 5.41) is 12.0. The first-order valence-corrected chi connectivity index (χ1v) is 15.5. The van der Waals surface area contributed by atoms with E-state index in [9.17, 15) is 24.1 Å². The first kappa shape index (κ1) is 29.5. The quantitative estimate of drug-likeness (QED) is 0.128. The van der Waals surface area contributed by atoms with Gasteiger partial charge in [-0.1, -0.05) is 44.5 Å². The van der Waals surface area contributed by atoms with Crippen molar-refractivity contribution in [2.45, 2.75) is 58.8 Å². The number of rotatable bonds is 9. The van der Waals surface area contributed by atoms with Crippen LogP contribution in [0.15, 0.2) is 41.3 Å². The number of nitro benzene ring substituents is 1. The summed E-state index contributed by atoms with van der Waals surface area (Å²) >= 11 is 5.90. The number of fused-ring (bicyclic) bond motifs is 1. The molecule has 1 heterocycles. The molecule has 204 valence electrons. The Morgan fingerprint density at radius 1 is 1.24 bits per heavy atom. The fourth-order valence-electron chi connectivity index (χ4n) is 3.87. The van der Waals surface area contributed by atoms with Crippen molar-refractivity contribution in [1.82, 2.24) is 4.57 Å². The highest BCUT2D eigenvalue weighted by atomic mass is 35.5. The molecule has 0 amide bonds. The van der Waals surface area contributed by atoms with Crippen molar-refractivity contribution in [2.75, 3.05) is 13.2 Å². The molecule has 8 nitrogen and oxygen atoms in total. The van der Waals surface area contributed by atoms with E-state index in [-0.39, 0.29) is 64.0 Å². The van der Waals surface area contributed by atoms with Gasteiger partial charge in [0.2, 0.25) is 5.43 Å². The van der Waals surface area contributed by atoms with Gasteiger partial charge in [0.25, 0.3) is 5.69 Å². The maximum atomic E-state index is 14.6. The van der Waals surface area contributed by atoms with Crippen molar-refractivity contribution >= 4 is 42.5 Å². The molecule has 3 aromatic rings. The molecule has 0 unspecified atom stereocenters. The van der Waals surface area contributed by atoms with Gasteiger partial charge >= 0.3 is 5.97 Å². The van der Waals surface area contributed by atoms with E-state index < -0.39 is 30.5 Å². The molecule has 1 aromatic heterocycles. The number of esters is 1. The van der Waals surface area contributed by atoms with Crippen molar-refractivity contribution in [1.29, 1.82) is 0 Å². The van der Waals surface area contributed by atoms with E-state index >= 15 is 0 Å². The summed E-state index contributed by atoms with van der Waals surface area (Å²) in [6.07, 6.45) is 1.25. The summed E-state index contributed by atoms with van der Waals surface area (Å²) in [4.78, 5) is 37.6. The highest BCUT2D eigenvalue weighted by Gasteiger charge is 2.37. The standard InChI is InChI=1S/C27H32ClFN2O6Si/c1-7-36-26(33)20-16-30(11-12-37-38(5,6)27(2,3)4)24-19(25(20)32)14-17(15-22(24)31(34)35)13-18-9-8-10-21(28)23(18)29/h8-10,14-16H,7,11-13H2,1-6H3. The minimum absolute atomic E-state index is 0.0329. The number of halogens is 2. The smallest absolute Gasteiger partial charge is 0.343 e. The normalized spacial score (nSPS) is 12.1. The molecule has 11 heteroatoms. The lowest BCUT2D eigenvalue weighted by Gasteiger charge is -2.36. The van der Waals surface area contributed by atoms with Crippen LogP contribution in [0.2, 0.25) is 23.2 Å². The molecule has 0 atom stereocenters. The predicted octanol–water partition coefficient (Wildman–Crippen LogP) is 6.49. The summed E-state index contributed by atoms with van der Waals surface area (Å²) in [5.74, 6) is -1.47. The van der Waals surface area contributed by atoms with Crippen LogP contribution in [0.5, 0.6) is 0 Å². The highest BCUT2D eigenvalue weighted by Crippen LogP contribution is 2.36. The number of carbonyl (C=O) groups is 1. The number of non-ortho nitro benzene ring substituents is 1. The molecule has 3 rings (SSSR count). The van der Waals surface area contributed by atoms with Crippen molar-refractivity contribution in [2.24, 2.45) is 0 Å². The first-order valence-electron chi connectivity index (χ1n) is 12.3. The van der Waals surface area contributed by atoms with Crippen LogP contribution in [0.25, 0.3) is 10.9 Å². The maximum absolute atomic E-state index is 14.6. The number of hydrogen-bond donors (Lipinski definition) is 0. The number of ether oxygens (including phenoxy) is 1. The monoisotopic (exact) mass is 562 g/mol. The number of hydrogen-bond acceptors (Lipinski definition) is 6. The number of aromatic nitrogens is 1. The van der Waals surface area contributed by atoms with Gasteiger partial charge in [0.1, 0.15) is 16.9 Å². The second kappa shape index (κ2) is 11.3. The lowest BCUT2D eigenvalue weighted by atomic mass is 10.00. The molecule has 0 saturated heterocycles. The van der Waals surface area contributed by atoms with Crippen LogP contribution in [0.4, 0.5) is 10.1 Å². The number of nitro groups is 1. The summed E-state index contributed by atoms with van der Waals surface area (Å²) in [6, 6.07) is 7.27. The third-order valence-corrected chi connectivity index (χ3v) is 11.8. The lowest BCUT2D eigenvalue weighted by molar-refractivity contribution is -0.383. The Kier molecular flexibility index (Phi) is 8.80. The average Bonchev–Trinajstić information content (AvgIpc) is 2.82. The molecular formula is C27H32ClFN2O6Si. The Morgan fingerprint density at radius 3 is 2.53 bits per heavy atom. The van der Waals surface area contributed by atoms with E-state index in [0.29, 0.717) is 5.56 Å². The summed E-state index contributed by atoms with van der Waals surface area (Å²) in [6.45, 7) is 12.5. The minimum Gasteiger partial charge on any atom is -0.462 e. The average molecular weight is 563 g/mol. The number of pyridine rings is 1. The number of benzene rings is 2. The third-order valence-electron chi connectivity index (χ3n) is 6.93. The van der Waals surface area contributed by atoms with Gasteiger partial charge in [-0.25, -0.2) is 9.18 Å². The highest BCUT2D eigenvalue weighted by molar-refractivity contribution is 6.74.